The van der Waals surface area contributed by atoms with Gasteiger partial charge in [0.2, 0.25) is 0 Å². The summed E-state index contributed by atoms with van der Waals surface area (Å²) in [5.41, 5.74) is 0.949. The fourth-order valence-corrected chi connectivity index (χ4v) is 3.51. The van der Waals surface area contributed by atoms with Crippen LogP contribution in [0.4, 0.5) is 10.2 Å². The molecule has 0 aliphatic carbocycles. The predicted octanol–water partition coefficient (Wildman–Crippen LogP) is 3.05. The lowest BCUT2D eigenvalue weighted by Gasteiger charge is -2.39. The maximum absolute atomic E-state index is 13.5. The van der Waals surface area contributed by atoms with Crippen molar-refractivity contribution in [1.29, 1.82) is 0 Å². The number of hydrogen-bond acceptors (Lipinski definition) is 4. The van der Waals surface area contributed by atoms with Gasteiger partial charge in [-0.3, -0.25) is 0 Å². The predicted molar refractivity (Wildman–Crippen MR) is 84.9 cm³/mol. The number of aromatic nitrogens is 1. The van der Waals surface area contributed by atoms with Crippen LogP contribution in [-0.2, 0) is 6.54 Å². The summed E-state index contributed by atoms with van der Waals surface area (Å²) in [5, 5.41) is 3.93. The van der Waals surface area contributed by atoms with Crippen LogP contribution in [-0.4, -0.2) is 34.6 Å². The molecule has 1 aromatic rings. The minimum Gasteiger partial charge on any atom is -0.352 e. The van der Waals surface area contributed by atoms with Crippen molar-refractivity contribution in [3.8, 4) is 0 Å². The summed E-state index contributed by atoms with van der Waals surface area (Å²) in [4.78, 5) is 6.68. The third-order valence-electron chi connectivity index (χ3n) is 3.77. The Morgan fingerprint density at radius 3 is 2.95 bits per heavy atom. The molecule has 0 radical (unpaired) electrons. The second-order valence-corrected chi connectivity index (χ2v) is 7.17. The van der Waals surface area contributed by atoms with Crippen LogP contribution >= 0.6 is 11.8 Å². The second-order valence-electron chi connectivity index (χ2n) is 5.68. The van der Waals surface area contributed by atoms with Gasteiger partial charge in [-0.25, -0.2) is 9.37 Å². The SMILES string of the molecule is CC(C)NCc1cc(F)cnc1N1CCSC(C)C1C. The Morgan fingerprint density at radius 1 is 1.50 bits per heavy atom. The van der Waals surface area contributed by atoms with E-state index in [9.17, 15) is 4.39 Å². The molecule has 3 nitrogen and oxygen atoms in total. The van der Waals surface area contributed by atoms with Gasteiger partial charge in [-0.15, -0.1) is 0 Å². The zero-order chi connectivity index (χ0) is 14.7. The molecule has 1 aliphatic heterocycles. The van der Waals surface area contributed by atoms with Crippen molar-refractivity contribution in [2.24, 2.45) is 0 Å². The summed E-state index contributed by atoms with van der Waals surface area (Å²) in [6.45, 7) is 10.3. The van der Waals surface area contributed by atoms with Crippen molar-refractivity contribution >= 4 is 17.6 Å². The standard InChI is InChI=1S/C15H24FN3S/c1-10(2)17-8-13-7-14(16)9-18-15(13)19-5-6-20-12(4)11(19)3/h7,9-12,17H,5-6,8H2,1-4H3. The highest BCUT2D eigenvalue weighted by molar-refractivity contribution is 8.00. The number of rotatable bonds is 4. The molecule has 1 aliphatic rings. The highest BCUT2D eigenvalue weighted by Crippen LogP contribution is 2.30. The number of hydrogen-bond donors (Lipinski definition) is 1. The van der Waals surface area contributed by atoms with Crippen LogP contribution in [0.5, 0.6) is 0 Å². The van der Waals surface area contributed by atoms with Crippen molar-refractivity contribution in [1.82, 2.24) is 10.3 Å². The molecule has 2 unspecified atom stereocenters. The Hall–Kier alpha value is -0.810. The van der Waals surface area contributed by atoms with Crippen LogP contribution in [0.3, 0.4) is 0 Å². The van der Waals surface area contributed by atoms with E-state index in [1.165, 1.54) is 6.20 Å². The van der Waals surface area contributed by atoms with Gasteiger partial charge in [-0.2, -0.15) is 11.8 Å². The molecule has 1 aromatic heterocycles. The summed E-state index contributed by atoms with van der Waals surface area (Å²) in [5.74, 6) is 1.77. The smallest absolute Gasteiger partial charge is 0.141 e. The fourth-order valence-electron chi connectivity index (χ4n) is 2.41. The monoisotopic (exact) mass is 297 g/mol. The van der Waals surface area contributed by atoms with E-state index in [0.717, 1.165) is 23.7 Å². The number of nitrogens with zero attached hydrogens (tertiary/aromatic N) is 2. The third-order valence-corrected chi connectivity index (χ3v) is 5.10. The lowest BCUT2D eigenvalue weighted by molar-refractivity contribution is 0.567. The number of halogens is 1. The minimum atomic E-state index is -0.263. The van der Waals surface area contributed by atoms with Gasteiger partial charge in [0.25, 0.3) is 0 Å². The van der Waals surface area contributed by atoms with Gasteiger partial charge in [0.15, 0.2) is 0 Å². The van der Waals surface area contributed by atoms with E-state index in [4.69, 9.17) is 0 Å². The van der Waals surface area contributed by atoms with Crippen LogP contribution in [0.2, 0.25) is 0 Å². The molecule has 2 rings (SSSR count). The van der Waals surface area contributed by atoms with E-state index in [0.29, 0.717) is 23.9 Å². The van der Waals surface area contributed by atoms with E-state index in [-0.39, 0.29) is 5.82 Å². The Kier molecular flexibility index (Phi) is 5.27. The van der Waals surface area contributed by atoms with Gasteiger partial charge < -0.3 is 10.2 Å². The molecule has 20 heavy (non-hydrogen) atoms. The molecular formula is C15H24FN3S. The molecule has 0 spiro atoms. The lowest BCUT2D eigenvalue weighted by Crippen LogP contribution is -2.45. The highest BCUT2D eigenvalue weighted by atomic mass is 32.2. The first-order valence-electron chi connectivity index (χ1n) is 7.25. The number of pyridine rings is 1. The van der Waals surface area contributed by atoms with Gasteiger partial charge in [0, 0.05) is 41.7 Å². The third kappa shape index (κ3) is 3.64. The molecule has 0 bridgehead atoms. The molecule has 112 valence electrons. The van der Waals surface area contributed by atoms with Crippen LogP contribution in [0.1, 0.15) is 33.3 Å². The van der Waals surface area contributed by atoms with E-state index in [1.807, 2.05) is 11.8 Å². The van der Waals surface area contributed by atoms with Gasteiger partial charge in [-0.05, 0) is 13.0 Å². The van der Waals surface area contributed by atoms with Crippen molar-refractivity contribution in [2.75, 3.05) is 17.2 Å². The number of thioether (sulfide) groups is 1. The zero-order valence-corrected chi connectivity index (χ0v) is 13.5. The number of anilines is 1. The van der Waals surface area contributed by atoms with Crippen molar-refractivity contribution in [3.05, 3.63) is 23.6 Å². The quantitative estimate of drug-likeness (QED) is 0.924. The summed E-state index contributed by atoms with van der Waals surface area (Å²) < 4.78 is 13.5. The first-order valence-corrected chi connectivity index (χ1v) is 8.30. The molecule has 0 amide bonds. The van der Waals surface area contributed by atoms with Crippen LogP contribution in [0, 0.1) is 5.82 Å². The highest BCUT2D eigenvalue weighted by Gasteiger charge is 2.27. The van der Waals surface area contributed by atoms with Crippen molar-refractivity contribution < 1.29 is 4.39 Å². The average molecular weight is 297 g/mol. The van der Waals surface area contributed by atoms with Gasteiger partial charge in [0.05, 0.1) is 6.20 Å². The summed E-state index contributed by atoms with van der Waals surface area (Å²) in [7, 11) is 0. The molecule has 1 fully saturated rings. The zero-order valence-electron chi connectivity index (χ0n) is 12.7. The largest absolute Gasteiger partial charge is 0.352 e. The van der Waals surface area contributed by atoms with E-state index >= 15 is 0 Å². The van der Waals surface area contributed by atoms with Crippen LogP contribution in [0.15, 0.2) is 12.3 Å². The summed E-state index contributed by atoms with van der Waals surface area (Å²) in [6.07, 6.45) is 1.33. The topological polar surface area (TPSA) is 28.2 Å². The molecule has 0 saturated carbocycles. The Morgan fingerprint density at radius 2 is 2.25 bits per heavy atom. The van der Waals surface area contributed by atoms with Gasteiger partial charge in [0.1, 0.15) is 11.6 Å². The Bertz CT molecular complexity index is 453. The second kappa shape index (κ2) is 6.76. The van der Waals surface area contributed by atoms with E-state index < -0.39 is 0 Å². The Labute approximate surface area is 125 Å². The average Bonchev–Trinajstić information content (AvgIpc) is 2.40. The maximum Gasteiger partial charge on any atom is 0.141 e. The molecule has 2 heterocycles. The summed E-state index contributed by atoms with van der Waals surface area (Å²) >= 11 is 1.99. The van der Waals surface area contributed by atoms with E-state index in [1.54, 1.807) is 6.07 Å². The first kappa shape index (κ1) is 15.6. The van der Waals surface area contributed by atoms with Gasteiger partial charge in [-0.1, -0.05) is 20.8 Å². The number of nitrogens with one attached hydrogen (secondary N) is 1. The van der Waals surface area contributed by atoms with Crippen molar-refractivity contribution in [2.45, 2.75) is 51.6 Å². The normalized spacial score (nSPS) is 23.4. The molecule has 1 N–H and O–H groups in total. The molecule has 1 saturated heterocycles. The fraction of sp³-hybridized carbons (Fsp3) is 0.667. The molecule has 0 aromatic carbocycles. The first-order chi connectivity index (χ1) is 9.49. The summed E-state index contributed by atoms with van der Waals surface area (Å²) in [6, 6.07) is 2.40. The van der Waals surface area contributed by atoms with Crippen LogP contribution in [0.25, 0.3) is 0 Å². The van der Waals surface area contributed by atoms with Gasteiger partial charge >= 0.3 is 0 Å². The van der Waals surface area contributed by atoms with Crippen molar-refractivity contribution in [3.63, 3.8) is 0 Å². The lowest BCUT2D eigenvalue weighted by atomic mass is 10.1. The molecule has 2 atom stereocenters. The molecule has 5 heteroatoms. The van der Waals surface area contributed by atoms with E-state index in [2.05, 4.69) is 42.9 Å². The van der Waals surface area contributed by atoms with Crippen LogP contribution < -0.4 is 10.2 Å². The Balaban J connectivity index is 2.25. The maximum atomic E-state index is 13.5. The minimum absolute atomic E-state index is 0.263. The molecular weight excluding hydrogens is 273 g/mol.